The molecule has 0 saturated carbocycles. The van der Waals surface area contributed by atoms with Crippen molar-refractivity contribution in [2.24, 2.45) is 4.99 Å². The number of nitrogens with zero attached hydrogens (tertiary/aromatic N) is 4. The molecule has 0 spiro atoms. The van der Waals surface area contributed by atoms with Crippen LogP contribution in [0.1, 0.15) is 40.7 Å². The summed E-state index contributed by atoms with van der Waals surface area (Å²) in [5.41, 5.74) is 2.52. The molecule has 0 radical (unpaired) electrons. The highest BCUT2D eigenvalue weighted by molar-refractivity contribution is 14.0. The monoisotopic (exact) mass is 564 g/mol. The van der Waals surface area contributed by atoms with Gasteiger partial charge >= 0.3 is 0 Å². The van der Waals surface area contributed by atoms with Crippen LogP contribution in [-0.2, 0) is 13.1 Å². The summed E-state index contributed by atoms with van der Waals surface area (Å²) in [7, 11) is 1.84. The van der Waals surface area contributed by atoms with Crippen LogP contribution in [0, 0.1) is 6.92 Å². The van der Waals surface area contributed by atoms with E-state index in [9.17, 15) is 0 Å². The summed E-state index contributed by atoms with van der Waals surface area (Å²) in [6.45, 7) is 6.83. The summed E-state index contributed by atoms with van der Waals surface area (Å²) >= 11 is 1.84. The van der Waals surface area contributed by atoms with Gasteiger partial charge in [0.2, 0.25) is 0 Å². The lowest BCUT2D eigenvalue weighted by Gasteiger charge is -2.27. The number of likely N-dealkylation sites (tertiary alicyclic amines) is 1. The fraction of sp³-hybridized carbons (Fsp3) is 0.417. The molecule has 3 aromatic rings. The van der Waals surface area contributed by atoms with Gasteiger partial charge in [-0.3, -0.25) is 9.89 Å². The third kappa shape index (κ3) is 6.55. The summed E-state index contributed by atoms with van der Waals surface area (Å²) in [6, 6.07) is 13.5. The van der Waals surface area contributed by atoms with E-state index in [1.165, 1.54) is 41.9 Å². The summed E-state index contributed by atoms with van der Waals surface area (Å²) in [6.07, 6.45) is 6.46. The zero-order valence-corrected chi connectivity index (χ0v) is 22.0. The summed E-state index contributed by atoms with van der Waals surface area (Å²) in [5.74, 6) is 1.88. The zero-order valence-electron chi connectivity index (χ0n) is 18.8. The molecule has 0 bridgehead atoms. The Kier molecular flexibility index (Phi) is 9.55. The molecule has 8 heteroatoms. The average Bonchev–Trinajstić information content (AvgIpc) is 3.56. The number of aryl methyl sites for hydroxylation is 1. The number of imidazole rings is 1. The van der Waals surface area contributed by atoms with Crippen molar-refractivity contribution < 1.29 is 0 Å². The number of rotatable bonds is 8. The standard InChI is InChI=1S/C24H32N6S.HI/c1-19-26-10-13-30(19)18-21-8-5-7-20(15-21)16-27-24(25-2)28-17-22(23-9-6-14-31-23)29-11-3-4-12-29;/h5-10,13-15,22H,3-4,11-12,16-18H2,1-2H3,(H2,25,27,28);1H. The molecule has 1 aromatic carbocycles. The van der Waals surface area contributed by atoms with Gasteiger partial charge in [0, 0.05) is 44.0 Å². The second-order valence-corrected chi connectivity index (χ2v) is 8.98. The Morgan fingerprint density at radius 2 is 1.97 bits per heavy atom. The van der Waals surface area contributed by atoms with E-state index < -0.39 is 0 Å². The first-order valence-corrected chi connectivity index (χ1v) is 11.9. The molecule has 172 valence electrons. The molecule has 2 N–H and O–H groups in total. The van der Waals surface area contributed by atoms with E-state index in [0.29, 0.717) is 6.04 Å². The smallest absolute Gasteiger partial charge is 0.191 e. The molecule has 1 fully saturated rings. The van der Waals surface area contributed by atoms with E-state index in [0.717, 1.165) is 31.4 Å². The molecule has 1 saturated heterocycles. The third-order valence-electron chi connectivity index (χ3n) is 5.87. The molecule has 1 aliphatic heterocycles. The number of hydrogen-bond donors (Lipinski definition) is 2. The van der Waals surface area contributed by atoms with E-state index in [2.05, 4.69) is 71.9 Å². The van der Waals surface area contributed by atoms with Gasteiger partial charge in [-0.05, 0) is 55.4 Å². The third-order valence-corrected chi connectivity index (χ3v) is 6.84. The highest BCUT2D eigenvalue weighted by Crippen LogP contribution is 2.27. The lowest BCUT2D eigenvalue weighted by atomic mass is 10.1. The molecule has 1 aliphatic rings. The van der Waals surface area contributed by atoms with Crippen LogP contribution in [0.5, 0.6) is 0 Å². The Hall–Kier alpha value is -1.91. The first-order chi connectivity index (χ1) is 15.2. The predicted octanol–water partition coefficient (Wildman–Crippen LogP) is 4.42. The largest absolute Gasteiger partial charge is 0.354 e. The van der Waals surface area contributed by atoms with Crippen molar-refractivity contribution in [3.63, 3.8) is 0 Å². The number of halogens is 1. The van der Waals surface area contributed by atoms with Gasteiger partial charge in [0.05, 0.1) is 6.04 Å². The van der Waals surface area contributed by atoms with Gasteiger partial charge in [0.1, 0.15) is 5.82 Å². The van der Waals surface area contributed by atoms with Crippen LogP contribution in [0.4, 0.5) is 0 Å². The van der Waals surface area contributed by atoms with Crippen molar-refractivity contribution in [2.45, 2.75) is 38.9 Å². The van der Waals surface area contributed by atoms with Crippen LogP contribution in [0.25, 0.3) is 0 Å². The van der Waals surface area contributed by atoms with Gasteiger partial charge in [-0.1, -0.05) is 30.3 Å². The van der Waals surface area contributed by atoms with Gasteiger partial charge in [-0.15, -0.1) is 35.3 Å². The minimum Gasteiger partial charge on any atom is -0.354 e. The minimum absolute atomic E-state index is 0. The molecule has 2 aromatic heterocycles. The molecule has 3 heterocycles. The average molecular weight is 565 g/mol. The van der Waals surface area contributed by atoms with E-state index in [1.807, 2.05) is 37.7 Å². The number of aromatic nitrogens is 2. The van der Waals surface area contributed by atoms with E-state index >= 15 is 0 Å². The normalized spacial score (nSPS) is 15.4. The Morgan fingerprint density at radius 1 is 1.16 bits per heavy atom. The first kappa shape index (κ1) is 24.7. The SMILES string of the molecule is CN=C(NCc1cccc(Cn2ccnc2C)c1)NCC(c1cccs1)N1CCCC1.I. The number of hydrogen-bond acceptors (Lipinski definition) is 4. The maximum absolute atomic E-state index is 4.44. The Bertz CT molecular complexity index is 978. The molecule has 32 heavy (non-hydrogen) atoms. The van der Waals surface area contributed by atoms with Crippen molar-refractivity contribution in [3.8, 4) is 0 Å². The highest BCUT2D eigenvalue weighted by atomic mass is 127. The predicted molar refractivity (Wildman–Crippen MR) is 144 cm³/mol. The number of nitrogens with one attached hydrogen (secondary N) is 2. The lowest BCUT2D eigenvalue weighted by Crippen LogP contribution is -2.42. The topological polar surface area (TPSA) is 57.5 Å². The van der Waals surface area contributed by atoms with Crippen molar-refractivity contribution in [1.82, 2.24) is 25.1 Å². The Labute approximate surface area is 212 Å². The first-order valence-electron chi connectivity index (χ1n) is 11.0. The van der Waals surface area contributed by atoms with Crippen molar-refractivity contribution in [2.75, 3.05) is 26.7 Å². The van der Waals surface area contributed by atoms with Gasteiger partial charge in [0.25, 0.3) is 0 Å². The van der Waals surface area contributed by atoms with Crippen LogP contribution in [-0.4, -0.2) is 47.1 Å². The zero-order chi connectivity index (χ0) is 21.5. The van der Waals surface area contributed by atoms with E-state index in [-0.39, 0.29) is 24.0 Å². The molecule has 1 atom stereocenters. The van der Waals surface area contributed by atoms with E-state index in [1.54, 1.807) is 0 Å². The maximum Gasteiger partial charge on any atom is 0.191 e. The number of guanidine groups is 1. The summed E-state index contributed by atoms with van der Waals surface area (Å²) in [5, 5.41) is 9.20. The molecule has 0 amide bonds. The van der Waals surface area contributed by atoms with E-state index in [4.69, 9.17) is 0 Å². The maximum atomic E-state index is 4.44. The van der Waals surface area contributed by atoms with Crippen molar-refractivity contribution in [3.05, 3.63) is 76.0 Å². The second-order valence-electron chi connectivity index (χ2n) is 8.00. The fourth-order valence-electron chi connectivity index (χ4n) is 4.15. The molecule has 1 unspecified atom stereocenters. The minimum atomic E-state index is 0. The molecule has 4 rings (SSSR count). The molecule has 0 aliphatic carbocycles. The van der Waals surface area contributed by atoms with Gasteiger partial charge in [-0.25, -0.2) is 4.98 Å². The van der Waals surface area contributed by atoms with Gasteiger partial charge < -0.3 is 15.2 Å². The van der Waals surface area contributed by atoms with Gasteiger partial charge in [0.15, 0.2) is 5.96 Å². The van der Waals surface area contributed by atoms with Crippen LogP contribution in [0.3, 0.4) is 0 Å². The molecular formula is C24H33IN6S. The van der Waals surface area contributed by atoms with Crippen molar-refractivity contribution >= 4 is 41.3 Å². The summed E-state index contributed by atoms with van der Waals surface area (Å²) in [4.78, 5) is 12.8. The number of aliphatic imine (C=N–C) groups is 1. The summed E-state index contributed by atoms with van der Waals surface area (Å²) < 4.78 is 2.16. The molecule has 6 nitrogen and oxygen atoms in total. The van der Waals surface area contributed by atoms with Crippen LogP contribution >= 0.6 is 35.3 Å². The van der Waals surface area contributed by atoms with Crippen LogP contribution in [0.15, 0.2) is 59.2 Å². The lowest BCUT2D eigenvalue weighted by molar-refractivity contribution is 0.249. The molecular weight excluding hydrogens is 531 g/mol. The Balaban J connectivity index is 0.00000289. The van der Waals surface area contributed by atoms with Crippen molar-refractivity contribution in [1.29, 1.82) is 0 Å². The number of thiophene rings is 1. The number of benzene rings is 1. The van der Waals surface area contributed by atoms with Crippen LogP contribution in [0.2, 0.25) is 0 Å². The fourth-order valence-corrected chi connectivity index (χ4v) is 5.01. The van der Waals surface area contributed by atoms with Gasteiger partial charge in [-0.2, -0.15) is 0 Å². The Morgan fingerprint density at radius 3 is 2.66 bits per heavy atom. The highest BCUT2D eigenvalue weighted by Gasteiger charge is 2.24. The quantitative estimate of drug-likeness (QED) is 0.242. The van der Waals surface area contributed by atoms with Crippen LogP contribution < -0.4 is 10.6 Å². The second kappa shape index (κ2) is 12.4.